The first-order valence-electron chi connectivity index (χ1n) is 24.5. The summed E-state index contributed by atoms with van der Waals surface area (Å²) in [5.74, 6) is 2.61. The predicted octanol–water partition coefficient (Wildman–Crippen LogP) is 14.7. The summed E-state index contributed by atoms with van der Waals surface area (Å²) in [4.78, 5) is 35.2. The van der Waals surface area contributed by atoms with E-state index in [9.17, 15) is 9.59 Å². The molecule has 0 aliphatic carbocycles. The van der Waals surface area contributed by atoms with Gasteiger partial charge >= 0.3 is 0 Å². The molecule has 0 saturated heterocycles. The second-order valence-corrected chi connectivity index (χ2v) is 26.9. The van der Waals surface area contributed by atoms with Crippen LogP contribution in [0.1, 0.15) is 158 Å². The molecule has 0 radical (unpaired) electrons. The van der Waals surface area contributed by atoms with Crippen molar-refractivity contribution in [1.82, 2.24) is 10.6 Å². The van der Waals surface area contributed by atoms with Crippen molar-refractivity contribution in [2.45, 2.75) is 208 Å². The summed E-state index contributed by atoms with van der Waals surface area (Å²) in [5, 5.41) is 6.32. The number of benzene rings is 4. The molecule has 7 rings (SSSR count). The molecule has 3 aliphatic heterocycles. The van der Waals surface area contributed by atoms with Crippen LogP contribution in [-0.4, -0.2) is 50.3 Å². The Balaban J connectivity index is 1.66. The third-order valence-electron chi connectivity index (χ3n) is 12.5. The lowest BCUT2D eigenvalue weighted by atomic mass is 9.87. The van der Waals surface area contributed by atoms with E-state index in [1.54, 1.807) is 47.0 Å². The van der Waals surface area contributed by atoms with Crippen LogP contribution in [0.2, 0.25) is 0 Å². The summed E-state index contributed by atoms with van der Waals surface area (Å²) < 4.78 is 28.2. The standard InChI is InChI=1S/C56H74N2O6S4/c1-33-51(59)57-21-17-15-19-23-61-47-39-25-35(53(3,4)5)28-42(47)68-46-32-38(56(12,13)14)30-44-50(46)64-34(2)52(60)58-22-18-16-20-24-62-48-40(66-44)26-36(54(6,7)8)27-41(48)67-45-31-37(55(9,10)11)29-43(65-39)49(45)63-33/h25-34H,15-24H2,1-14H3,(H,57,59)(H,58,60)/t33-,34-/m0/s1. The predicted molar refractivity (Wildman–Crippen MR) is 282 cm³/mol. The van der Waals surface area contributed by atoms with Crippen LogP contribution in [-0.2, 0) is 31.2 Å². The molecule has 3 heterocycles. The first-order chi connectivity index (χ1) is 31.9. The zero-order valence-electron chi connectivity index (χ0n) is 42.9. The van der Waals surface area contributed by atoms with Crippen LogP contribution in [0.25, 0.3) is 0 Å². The Hall–Kier alpha value is -3.58. The maximum Gasteiger partial charge on any atom is 0.260 e. The van der Waals surface area contributed by atoms with Gasteiger partial charge in [-0.1, -0.05) is 130 Å². The van der Waals surface area contributed by atoms with Crippen molar-refractivity contribution in [2.75, 3.05) is 26.3 Å². The minimum Gasteiger partial charge on any atom is -0.491 e. The molecule has 2 N–H and O–H groups in total. The molecule has 0 aromatic heterocycles. The first-order valence-corrected chi connectivity index (χ1v) is 27.7. The minimum absolute atomic E-state index is 0.138. The first kappa shape index (κ1) is 52.2. The molecular formula is C56H74N2O6S4. The maximum absolute atomic E-state index is 13.9. The zero-order valence-corrected chi connectivity index (χ0v) is 46.2. The van der Waals surface area contributed by atoms with E-state index in [1.807, 2.05) is 13.8 Å². The van der Waals surface area contributed by atoms with Crippen LogP contribution in [0.15, 0.2) is 87.7 Å². The van der Waals surface area contributed by atoms with E-state index in [2.05, 4.69) is 142 Å². The average molecular weight is 999 g/mol. The van der Waals surface area contributed by atoms with Crippen LogP contribution >= 0.6 is 47.0 Å². The van der Waals surface area contributed by atoms with Gasteiger partial charge in [-0.3, -0.25) is 9.59 Å². The molecular weight excluding hydrogens is 925 g/mol. The van der Waals surface area contributed by atoms with Gasteiger partial charge in [-0.25, -0.2) is 0 Å². The van der Waals surface area contributed by atoms with E-state index in [0.29, 0.717) is 37.8 Å². The Labute approximate surface area is 424 Å². The average Bonchev–Trinajstić information content (AvgIpc) is 3.24. The van der Waals surface area contributed by atoms with Crippen molar-refractivity contribution in [3.63, 3.8) is 0 Å². The molecule has 0 unspecified atom stereocenters. The van der Waals surface area contributed by atoms with Crippen molar-refractivity contribution >= 4 is 58.9 Å². The quantitative estimate of drug-likeness (QED) is 0.156. The molecule has 12 heteroatoms. The molecule has 0 fully saturated rings. The van der Waals surface area contributed by atoms with Gasteiger partial charge in [-0.15, -0.1) is 0 Å². The fourth-order valence-electron chi connectivity index (χ4n) is 7.96. The smallest absolute Gasteiger partial charge is 0.260 e. The summed E-state index contributed by atoms with van der Waals surface area (Å²) in [6, 6.07) is 18.1. The van der Waals surface area contributed by atoms with Gasteiger partial charge in [0, 0.05) is 13.1 Å². The number of rotatable bonds is 0. The number of hydrogen-bond donors (Lipinski definition) is 2. The summed E-state index contributed by atoms with van der Waals surface area (Å²) in [7, 11) is 0. The third kappa shape index (κ3) is 12.7. The summed E-state index contributed by atoms with van der Waals surface area (Å²) in [5.41, 5.74) is 3.69. The highest BCUT2D eigenvalue weighted by Gasteiger charge is 2.32. The monoisotopic (exact) mass is 998 g/mol. The molecule has 2 atom stereocenters. The number of nitrogens with one attached hydrogen (secondary N) is 2. The second-order valence-electron chi connectivity index (χ2n) is 22.5. The number of amides is 2. The molecule has 8 nitrogen and oxygen atoms in total. The molecule has 2 amide bonds. The van der Waals surface area contributed by atoms with Gasteiger partial charge in [0.25, 0.3) is 11.8 Å². The highest BCUT2D eigenvalue weighted by molar-refractivity contribution is 8.01. The normalized spacial score (nSPS) is 19.3. The van der Waals surface area contributed by atoms with Crippen molar-refractivity contribution in [3.05, 3.63) is 70.8 Å². The van der Waals surface area contributed by atoms with Gasteiger partial charge in [-0.2, -0.15) is 0 Å². The van der Waals surface area contributed by atoms with E-state index >= 15 is 0 Å². The highest BCUT2D eigenvalue weighted by Crippen LogP contribution is 2.56. The number of hydrogen-bond acceptors (Lipinski definition) is 10. The maximum atomic E-state index is 13.9. The van der Waals surface area contributed by atoms with Gasteiger partial charge in [0.15, 0.2) is 12.2 Å². The van der Waals surface area contributed by atoms with Crippen LogP contribution in [0.5, 0.6) is 23.0 Å². The number of carbonyl (C=O) groups is 2. The molecule has 0 saturated carbocycles. The molecule has 4 aromatic carbocycles. The van der Waals surface area contributed by atoms with Gasteiger partial charge < -0.3 is 29.6 Å². The lowest BCUT2D eigenvalue weighted by Crippen LogP contribution is -2.37. The molecule has 3 aliphatic rings. The molecule has 4 aromatic rings. The molecule has 68 heavy (non-hydrogen) atoms. The molecule has 12 bridgehead atoms. The van der Waals surface area contributed by atoms with Crippen molar-refractivity contribution in [1.29, 1.82) is 0 Å². The Kier molecular flexibility index (Phi) is 16.2. The van der Waals surface area contributed by atoms with Gasteiger partial charge in [0.05, 0.1) is 52.4 Å². The lowest BCUT2D eigenvalue weighted by Gasteiger charge is -2.29. The minimum atomic E-state index is -0.762. The topological polar surface area (TPSA) is 95.1 Å². The lowest BCUT2D eigenvalue weighted by molar-refractivity contribution is -0.128. The van der Waals surface area contributed by atoms with Crippen LogP contribution in [0.3, 0.4) is 0 Å². The Morgan fingerprint density at radius 1 is 0.397 bits per heavy atom. The van der Waals surface area contributed by atoms with E-state index in [-0.39, 0.29) is 33.5 Å². The number of ether oxygens (including phenoxy) is 4. The fraction of sp³-hybridized carbons (Fsp3) is 0.536. The van der Waals surface area contributed by atoms with E-state index in [1.165, 1.54) is 0 Å². The summed E-state index contributed by atoms with van der Waals surface area (Å²) in [6.45, 7) is 32.8. The second kappa shape index (κ2) is 21.0. The highest BCUT2D eigenvalue weighted by atomic mass is 32.2. The fourth-order valence-corrected chi connectivity index (χ4v) is 12.7. The van der Waals surface area contributed by atoms with Gasteiger partial charge in [0.1, 0.15) is 23.0 Å². The summed E-state index contributed by atoms with van der Waals surface area (Å²) >= 11 is 6.55. The van der Waals surface area contributed by atoms with Crippen molar-refractivity contribution in [3.8, 4) is 23.0 Å². The molecule has 368 valence electrons. The summed E-state index contributed by atoms with van der Waals surface area (Å²) in [6.07, 6.45) is 3.55. The van der Waals surface area contributed by atoms with Crippen LogP contribution in [0, 0.1) is 0 Å². The zero-order chi connectivity index (χ0) is 49.3. The van der Waals surface area contributed by atoms with E-state index in [4.69, 9.17) is 18.9 Å². The number of carbonyl (C=O) groups excluding carboxylic acids is 2. The van der Waals surface area contributed by atoms with Crippen LogP contribution in [0.4, 0.5) is 0 Å². The Morgan fingerprint density at radius 2 is 0.647 bits per heavy atom. The van der Waals surface area contributed by atoms with E-state index < -0.39 is 12.2 Å². The largest absolute Gasteiger partial charge is 0.491 e. The van der Waals surface area contributed by atoms with Crippen LogP contribution < -0.4 is 29.6 Å². The van der Waals surface area contributed by atoms with Crippen molar-refractivity contribution in [2.24, 2.45) is 0 Å². The Morgan fingerprint density at radius 3 is 0.897 bits per heavy atom. The van der Waals surface area contributed by atoms with Crippen molar-refractivity contribution < 1.29 is 28.5 Å². The van der Waals surface area contributed by atoms with Gasteiger partial charge in [-0.05, 0) is 145 Å². The van der Waals surface area contributed by atoms with Gasteiger partial charge in [0.2, 0.25) is 0 Å². The van der Waals surface area contributed by atoms with E-state index in [0.717, 1.165) is 111 Å². The third-order valence-corrected chi connectivity index (χ3v) is 16.7. The molecule has 0 spiro atoms. The SMILES string of the molecule is C[C@@H]1Oc2c3cc(C(C)(C)C)cc2Sc2cc(C(C)(C)C)cc4c2OCCCCCNC(=O)[C@H](C)Oc2c(cc(C(C)(C)C)cc2S4)Sc2cc(C(C)(C)C)cc(c2OCCCCCNC1=O)S3. The Bertz CT molecular complexity index is 2340.